The Kier molecular flexibility index (Phi) is 8.27. The van der Waals surface area contributed by atoms with E-state index in [0.29, 0.717) is 28.6 Å². The maximum absolute atomic E-state index is 13.0. The molecule has 0 atom stereocenters. The fourth-order valence-corrected chi connectivity index (χ4v) is 3.48. The van der Waals surface area contributed by atoms with Crippen molar-refractivity contribution in [1.29, 1.82) is 0 Å². The van der Waals surface area contributed by atoms with Crippen LogP contribution in [0.2, 0.25) is 0 Å². The van der Waals surface area contributed by atoms with Crippen LogP contribution in [-0.2, 0) is 6.42 Å². The van der Waals surface area contributed by atoms with Gasteiger partial charge in [0, 0.05) is 42.7 Å². The highest BCUT2D eigenvalue weighted by atomic mass is 16.5. The van der Waals surface area contributed by atoms with Gasteiger partial charge in [-0.2, -0.15) is 0 Å². The topological polar surface area (TPSA) is 80.2 Å². The van der Waals surface area contributed by atoms with Gasteiger partial charge in [0.05, 0.1) is 19.2 Å². The van der Waals surface area contributed by atoms with Crippen LogP contribution in [0.15, 0.2) is 48.8 Å². The first-order valence-corrected chi connectivity index (χ1v) is 11.0. The van der Waals surface area contributed by atoms with E-state index in [4.69, 9.17) is 4.74 Å². The molecule has 0 spiro atoms. The number of pyridine rings is 1. The summed E-state index contributed by atoms with van der Waals surface area (Å²) in [5.74, 6) is 1.91. The molecule has 1 aromatic carbocycles. The molecule has 0 saturated carbocycles. The number of likely N-dealkylation sites (N-methyl/N-ethyl adjacent to an activating group) is 1. The Balaban J connectivity index is 1.85. The van der Waals surface area contributed by atoms with Crippen LogP contribution in [0.1, 0.15) is 35.5 Å². The molecule has 7 nitrogen and oxygen atoms in total. The number of methoxy groups -OCH3 is 1. The van der Waals surface area contributed by atoms with E-state index in [1.807, 2.05) is 37.3 Å². The molecular formula is C25H31N5O2. The molecule has 168 valence electrons. The lowest BCUT2D eigenvalue weighted by Gasteiger charge is -2.18. The number of aryl methyl sites for hydroxylation is 1. The molecule has 0 amide bonds. The second-order valence-corrected chi connectivity index (χ2v) is 7.60. The van der Waals surface area contributed by atoms with Gasteiger partial charge in [0.1, 0.15) is 11.6 Å². The average Bonchev–Trinajstić information content (AvgIpc) is 2.82. The van der Waals surface area contributed by atoms with Gasteiger partial charge in [-0.25, -0.2) is 9.97 Å². The number of Topliss-reactive ketones (excluding diaryl/α,β-unsaturated/α-hetero) is 1. The molecule has 1 N–H and O–H groups in total. The predicted molar refractivity (Wildman–Crippen MR) is 127 cm³/mol. The minimum absolute atomic E-state index is 0.0167. The summed E-state index contributed by atoms with van der Waals surface area (Å²) in [7, 11) is 1.60. The Hall–Kier alpha value is -3.32. The molecule has 7 heteroatoms. The van der Waals surface area contributed by atoms with Gasteiger partial charge in [-0.05, 0) is 55.9 Å². The number of carbonyl (C=O) groups excluding carboxylic acids is 1. The second kappa shape index (κ2) is 11.3. The van der Waals surface area contributed by atoms with Gasteiger partial charge in [0.25, 0.3) is 0 Å². The van der Waals surface area contributed by atoms with Crippen LogP contribution in [0.4, 0.5) is 5.82 Å². The number of nitrogens with one attached hydrogen (secondary N) is 1. The zero-order valence-electron chi connectivity index (χ0n) is 19.3. The Bertz CT molecular complexity index is 1040. The summed E-state index contributed by atoms with van der Waals surface area (Å²) in [4.78, 5) is 28.9. The molecular weight excluding hydrogens is 402 g/mol. The average molecular weight is 434 g/mol. The standard InChI is InChI=1S/C25H31N5O2/c1-5-30(6-2)11-10-27-24-16-21(28-25(29-24)19-8-7-9-26-17-19)15-23(31)20-12-18(3)13-22(14-20)32-4/h7-9,12-14,16-17H,5-6,10-11,15H2,1-4H3,(H,27,28,29). The number of aromatic nitrogens is 3. The first-order valence-electron chi connectivity index (χ1n) is 11.0. The Labute approximate surface area is 189 Å². The number of anilines is 1. The van der Waals surface area contributed by atoms with E-state index < -0.39 is 0 Å². The number of hydrogen-bond acceptors (Lipinski definition) is 7. The molecule has 3 rings (SSSR count). The van der Waals surface area contributed by atoms with Crippen LogP contribution in [0.3, 0.4) is 0 Å². The summed E-state index contributed by atoms with van der Waals surface area (Å²) in [5, 5.41) is 3.39. The predicted octanol–water partition coefficient (Wildman–Crippen LogP) is 4.03. The third kappa shape index (κ3) is 6.34. The quantitative estimate of drug-likeness (QED) is 0.457. The van der Waals surface area contributed by atoms with E-state index in [-0.39, 0.29) is 12.2 Å². The Morgan fingerprint density at radius 2 is 1.94 bits per heavy atom. The summed E-state index contributed by atoms with van der Waals surface area (Å²) in [6.07, 6.45) is 3.62. The van der Waals surface area contributed by atoms with Gasteiger partial charge in [-0.15, -0.1) is 0 Å². The number of ketones is 1. The molecule has 0 aliphatic carbocycles. The zero-order valence-corrected chi connectivity index (χ0v) is 19.3. The third-order valence-corrected chi connectivity index (χ3v) is 5.28. The molecule has 2 heterocycles. The minimum atomic E-state index is -0.0167. The van der Waals surface area contributed by atoms with Crippen molar-refractivity contribution >= 4 is 11.6 Å². The largest absolute Gasteiger partial charge is 0.497 e. The van der Waals surface area contributed by atoms with Crippen molar-refractivity contribution in [3.8, 4) is 17.1 Å². The molecule has 0 bridgehead atoms. The first kappa shape index (κ1) is 23.3. The fourth-order valence-electron chi connectivity index (χ4n) is 3.48. The summed E-state index contributed by atoms with van der Waals surface area (Å²) in [6, 6.07) is 11.2. The van der Waals surface area contributed by atoms with E-state index in [0.717, 1.165) is 37.3 Å². The van der Waals surface area contributed by atoms with Crippen LogP contribution < -0.4 is 10.1 Å². The van der Waals surface area contributed by atoms with Gasteiger partial charge >= 0.3 is 0 Å². The zero-order chi connectivity index (χ0) is 22.9. The smallest absolute Gasteiger partial charge is 0.168 e. The van der Waals surface area contributed by atoms with Gasteiger partial charge in [-0.1, -0.05) is 13.8 Å². The van der Waals surface area contributed by atoms with Crippen molar-refractivity contribution in [2.24, 2.45) is 0 Å². The van der Waals surface area contributed by atoms with Crippen molar-refractivity contribution in [3.05, 3.63) is 65.6 Å². The van der Waals surface area contributed by atoms with E-state index in [1.165, 1.54) is 0 Å². The van der Waals surface area contributed by atoms with Crippen molar-refractivity contribution in [2.45, 2.75) is 27.2 Å². The van der Waals surface area contributed by atoms with Gasteiger partial charge in [0.2, 0.25) is 0 Å². The highest BCUT2D eigenvalue weighted by Gasteiger charge is 2.14. The maximum atomic E-state index is 13.0. The lowest BCUT2D eigenvalue weighted by atomic mass is 10.0. The second-order valence-electron chi connectivity index (χ2n) is 7.60. The number of rotatable bonds is 11. The lowest BCUT2D eigenvalue weighted by molar-refractivity contribution is 0.0991. The van der Waals surface area contributed by atoms with Gasteiger partial charge in [0.15, 0.2) is 11.6 Å². The van der Waals surface area contributed by atoms with Crippen LogP contribution in [-0.4, -0.2) is 58.9 Å². The SMILES string of the molecule is CCN(CC)CCNc1cc(CC(=O)c2cc(C)cc(OC)c2)nc(-c2cccnc2)n1. The van der Waals surface area contributed by atoms with Crippen LogP contribution in [0, 0.1) is 6.92 Å². The molecule has 2 aromatic heterocycles. The molecule has 0 saturated heterocycles. The summed E-state index contributed by atoms with van der Waals surface area (Å²) in [6.45, 7) is 9.93. The summed E-state index contributed by atoms with van der Waals surface area (Å²) < 4.78 is 5.32. The van der Waals surface area contributed by atoms with E-state index in [2.05, 4.69) is 39.0 Å². The molecule has 0 aliphatic rings. The van der Waals surface area contributed by atoms with Crippen LogP contribution in [0.25, 0.3) is 11.4 Å². The highest BCUT2D eigenvalue weighted by molar-refractivity contribution is 5.98. The van der Waals surface area contributed by atoms with E-state index in [1.54, 1.807) is 25.6 Å². The Morgan fingerprint density at radius 1 is 1.12 bits per heavy atom. The van der Waals surface area contributed by atoms with Crippen molar-refractivity contribution in [1.82, 2.24) is 19.9 Å². The number of ether oxygens (including phenoxy) is 1. The van der Waals surface area contributed by atoms with Crippen LogP contribution >= 0.6 is 0 Å². The minimum Gasteiger partial charge on any atom is -0.497 e. The molecule has 32 heavy (non-hydrogen) atoms. The Morgan fingerprint density at radius 3 is 2.62 bits per heavy atom. The van der Waals surface area contributed by atoms with Crippen molar-refractivity contribution < 1.29 is 9.53 Å². The molecule has 0 fully saturated rings. The van der Waals surface area contributed by atoms with E-state index >= 15 is 0 Å². The molecule has 0 unspecified atom stereocenters. The normalized spacial score (nSPS) is 10.9. The van der Waals surface area contributed by atoms with E-state index in [9.17, 15) is 4.79 Å². The molecule has 0 aliphatic heterocycles. The first-order chi connectivity index (χ1) is 15.5. The van der Waals surface area contributed by atoms with Gasteiger partial charge < -0.3 is 15.0 Å². The number of carbonyl (C=O) groups is 1. The summed E-state index contributed by atoms with van der Waals surface area (Å²) >= 11 is 0. The molecule has 3 aromatic rings. The number of hydrogen-bond donors (Lipinski definition) is 1. The fraction of sp³-hybridized carbons (Fsp3) is 0.360. The monoisotopic (exact) mass is 433 g/mol. The number of benzene rings is 1. The van der Waals surface area contributed by atoms with Gasteiger partial charge in [-0.3, -0.25) is 9.78 Å². The van der Waals surface area contributed by atoms with Crippen molar-refractivity contribution in [2.75, 3.05) is 38.6 Å². The number of nitrogens with zero attached hydrogens (tertiary/aromatic N) is 4. The molecule has 0 radical (unpaired) electrons. The van der Waals surface area contributed by atoms with Crippen molar-refractivity contribution in [3.63, 3.8) is 0 Å². The summed E-state index contributed by atoms with van der Waals surface area (Å²) in [5.41, 5.74) is 3.06. The van der Waals surface area contributed by atoms with Crippen LogP contribution in [0.5, 0.6) is 5.75 Å². The lowest BCUT2D eigenvalue weighted by Crippen LogP contribution is -2.28. The maximum Gasteiger partial charge on any atom is 0.168 e. The highest BCUT2D eigenvalue weighted by Crippen LogP contribution is 2.21. The third-order valence-electron chi connectivity index (χ3n) is 5.28.